The highest BCUT2D eigenvalue weighted by atomic mass is 79.9. The third-order valence-corrected chi connectivity index (χ3v) is 2.47. The Balaban J connectivity index is 3.43. The van der Waals surface area contributed by atoms with E-state index in [2.05, 4.69) is 27.1 Å². The first-order valence-corrected chi connectivity index (χ1v) is 4.79. The lowest BCUT2D eigenvalue weighted by Gasteiger charge is -2.10. The maximum atomic E-state index is 11.5. The van der Waals surface area contributed by atoms with Crippen molar-refractivity contribution in [3.05, 3.63) is 31.5 Å². The van der Waals surface area contributed by atoms with Crippen molar-refractivity contribution in [2.24, 2.45) is 0 Å². The number of aromatic nitrogens is 2. The van der Waals surface area contributed by atoms with Crippen LogP contribution in [-0.4, -0.2) is 9.55 Å². The van der Waals surface area contributed by atoms with Crippen molar-refractivity contribution in [3.8, 4) is 0 Å². The Morgan fingerprint density at radius 2 is 2.23 bits per heavy atom. The molecule has 0 fully saturated rings. The third-order valence-electron chi connectivity index (χ3n) is 1.94. The first-order chi connectivity index (χ1) is 6.07. The lowest BCUT2D eigenvalue weighted by molar-refractivity contribution is 0.487. The number of halogens is 1. The molecule has 1 rings (SSSR count). The molecular weight excluding hydrogens is 236 g/mol. The van der Waals surface area contributed by atoms with E-state index in [0.29, 0.717) is 0 Å². The zero-order valence-corrected chi connectivity index (χ0v) is 9.01. The molecule has 0 saturated carbocycles. The summed E-state index contributed by atoms with van der Waals surface area (Å²) in [5.41, 5.74) is -0.749. The second-order valence-electron chi connectivity index (χ2n) is 2.80. The molecule has 71 valence electrons. The molecule has 0 aromatic carbocycles. The van der Waals surface area contributed by atoms with Crippen molar-refractivity contribution < 1.29 is 0 Å². The summed E-state index contributed by atoms with van der Waals surface area (Å²) in [4.78, 5) is 25.1. The van der Waals surface area contributed by atoms with Crippen LogP contribution >= 0.6 is 15.9 Å². The molecule has 0 bridgehead atoms. The van der Waals surface area contributed by atoms with E-state index in [-0.39, 0.29) is 16.1 Å². The molecule has 5 heteroatoms. The molecule has 4 nitrogen and oxygen atoms in total. The fourth-order valence-electron chi connectivity index (χ4n) is 1.00. The summed E-state index contributed by atoms with van der Waals surface area (Å²) in [6, 6.07) is -0.0952. The van der Waals surface area contributed by atoms with Crippen molar-refractivity contribution in [1.82, 2.24) is 9.55 Å². The Labute approximate surface area is 83.7 Å². The van der Waals surface area contributed by atoms with E-state index in [0.717, 1.165) is 6.42 Å². The second kappa shape index (κ2) is 3.91. The van der Waals surface area contributed by atoms with Crippen LogP contribution in [-0.2, 0) is 0 Å². The van der Waals surface area contributed by atoms with E-state index >= 15 is 0 Å². The van der Waals surface area contributed by atoms with Gasteiger partial charge in [-0.3, -0.25) is 9.36 Å². The molecule has 0 aliphatic rings. The van der Waals surface area contributed by atoms with E-state index in [1.54, 1.807) is 0 Å². The lowest BCUT2D eigenvalue weighted by atomic mass is 10.2. The van der Waals surface area contributed by atoms with E-state index in [9.17, 15) is 9.59 Å². The van der Waals surface area contributed by atoms with Gasteiger partial charge >= 0.3 is 5.69 Å². The summed E-state index contributed by atoms with van der Waals surface area (Å²) in [6.07, 6.45) is 3.17. The van der Waals surface area contributed by atoms with Crippen LogP contribution in [0.3, 0.4) is 0 Å². The highest BCUT2D eigenvalue weighted by Crippen LogP contribution is 2.04. The average Bonchev–Trinajstić information content (AvgIpc) is 2.12. The first kappa shape index (κ1) is 10.2. The highest BCUT2D eigenvalue weighted by molar-refractivity contribution is 9.10. The molecule has 1 N–H and O–H groups in total. The summed E-state index contributed by atoms with van der Waals surface area (Å²) in [5.74, 6) is 0. The van der Waals surface area contributed by atoms with Crippen molar-refractivity contribution in [1.29, 1.82) is 0 Å². The highest BCUT2D eigenvalue weighted by Gasteiger charge is 2.10. The van der Waals surface area contributed by atoms with E-state index in [1.165, 1.54) is 4.57 Å². The van der Waals surface area contributed by atoms with Crippen LogP contribution < -0.4 is 11.2 Å². The van der Waals surface area contributed by atoms with Gasteiger partial charge in [-0.2, -0.15) is 0 Å². The molecule has 0 aliphatic heterocycles. The maximum Gasteiger partial charge on any atom is 0.329 e. The minimum atomic E-state index is -0.414. The molecule has 13 heavy (non-hydrogen) atoms. The second-order valence-corrected chi connectivity index (χ2v) is 3.59. The van der Waals surface area contributed by atoms with Crippen LogP contribution in [0.2, 0.25) is 0 Å². The summed E-state index contributed by atoms with van der Waals surface area (Å²) >= 11 is 3.02. The van der Waals surface area contributed by atoms with Gasteiger partial charge in [0.05, 0.1) is 6.20 Å². The van der Waals surface area contributed by atoms with Crippen LogP contribution in [0.1, 0.15) is 26.3 Å². The lowest BCUT2D eigenvalue weighted by Crippen LogP contribution is -2.37. The van der Waals surface area contributed by atoms with Gasteiger partial charge in [0.25, 0.3) is 5.56 Å². The van der Waals surface area contributed by atoms with Crippen LogP contribution in [0.15, 0.2) is 14.1 Å². The van der Waals surface area contributed by atoms with Gasteiger partial charge < -0.3 is 4.98 Å². The molecule has 0 saturated heterocycles. The quantitative estimate of drug-likeness (QED) is 0.848. The number of aromatic amines is 1. The summed E-state index contributed by atoms with van der Waals surface area (Å²) in [5, 5.41) is 0. The van der Waals surface area contributed by atoms with Crippen LogP contribution in [0.5, 0.6) is 0 Å². The van der Waals surface area contributed by atoms with Crippen molar-refractivity contribution in [3.63, 3.8) is 0 Å². The Morgan fingerprint density at radius 3 is 2.77 bits per heavy atom. The number of H-pyrrole nitrogens is 1. The van der Waals surface area contributed by atoms with Gasteiger partial charge in [0.1, 0.15) is 4.47 Å². The fourth-order valence-corrected chi connectivity index (χ4v) is 1.29. The Hall–Kier alpha value is -0.840. The molecule has 1 aromatic heterocycles. The zero-order valence-electron chi connectivity index (χ0n) is 7.43. The SMILES string of the molecule is CCC(C)n1c(=O)[nH][c]c(Br)c1=O. The molecule has 0 spiro atoms. The summed E-state index contributed by atoms with van der Waals surface area (Å²) < 4.78 is 1.44. The van der Waals surface area contributed by atoms with Gasteiger partial charge in [-0.1, -0.05) is 6.92 Å². The molecular formula is C8H10BrN2O2. The van der Waals surface area contributed by atoms with Gasteiger partial charge in [0.15, 0.2) is 0 Å². The van der Waals surface area contributed by atoms with Gasteiger partial charge in [-0.25, -0.2) is 4.79 Å². The largest absolute Gasteiger partial charge is 0.329 e. The first-order valence-electron chi connectivity index (χ1n) is 4.00. The molecule has 1 unspecified atom stereocenters. The molecule has 1 atom stereocenters. The number of nitrogens with zero attached hydrogens (tertiary/aromatic N) is 1. The molecule has 0 aliphatic carbocycles. The Bertz CT molecular complexity index is 407. The van der Waals surface area contributed by atoms with Gasteiger partial charge in [0, 0.05) is 6.04 Å². The van der Waals surface area contributed by atoms with E-state index in [1.807, 2.05) is 13.8 Å². The predicted molar refractivity (Wildman–Crippen MR) is 52.9 cm³/mol. The standard InChI is InChI=1S/C8H10BrN2O2/c1-3-5(2)11-7(12)6(9)4-10-8(11)13/h5H,3H2,1-2H3,(H,10,13). The normalized spacial score (nSPS) is 12.8. The molecule has 1 aromatic rings. The average molecular weight is 246 g/mol. The van der Waals surface area contributed by atoms with E-state index in [4.69, 9.17) is 0 Å². The topological polar surface area (TPSA) is 54.9 Å². The fraction of sp³-hybridized carbons (Fsp3) is 0.500. The minimum Gasteiger partial charge on any atom is -0.304 e. The maximum absolute atomic E-state index is 11.5. The van der Waals surface area contributed by atoms with Gasteiger partial charge in [0.2, 0.25) is 0 Å². The number of nitrogens with one attached hydrogen (secondary N) is 1. The van der Waals surface area contributed by atoms with Gasteiger partial charge in [-0.05, 0) is 29.3 Å². The number of hydrogen-bond acceptors (Lipinski definition) is 2. The molecule has 1 heterocycles. The third kappa shape index (κ3) is 1.91. The Kier molecular flexibility index (Phi) is 3.08. The molecule has 0 amide bonds. The van der Waals surface area contributed by atoms with Crippen molar-refractivity contribution in [2.45, 2.75) is 26.3 Å². The summed E-state index contributed by atoms with van der Waals surface area (Å²) in [7, 11) is 0. The molecule has 1 radical (unpaired) electrons. The van der Waals surface area contributed by atoms with Crippen molar-refractivity contribution >= 4 is 15.9 Å². The van der Waals surface area contributed by atoms with Crippen LogP contribution in [0.25, 0.3) is 0 Å². The number of hydrogen-bond donors (Lipinski definition) is 1. The van der Waals surface area contributed by atoms with Crippen molar-refractivity contribution in [2.75, 3.05) is 0 Å². The van der Waals surface area contributed by atoms with Crippen LogP contribution in [0.4, 0.5) is 0 Å². The summed E-state index contributed by atoms with van der Waals surface area (Å²) in [6.45, 7) is 3.74. The predicted octanol–water partition coefficient (Wildman–Crippen LogP) is 1.07. The van der Waals surface area contributed by atoms with Crippen LogP contribution in [0, 0.1) is 6.20 Å². The number of rotatable bonds is 2. The van der Waals surface area contributed by atoms with E-state index < -0.39 is 5.69 Å². The van der Waals surface area contributed by atoms with Gasteiger partial charge in [-0.15, -0.1) is 0 Å². The smallest absolute Gasteiger partial charge is 0.304 e. The minimum absolute atomic E-state index is 0.0952. The monoisotopic (exact) mass is 245 g/mol. The Morgan fingerprint density at radius 1 is 1.62 bits per heavy atom. The zero-order chi connectivity index (χ0) is 10.0.